The normalized spacial score (nSPS) is 24.6. The summed E-state index contributed by atoms with van der Waals surface area (Å²) in [6.45, 7) is 4.58. The Hall–Kier alpha value is -0.420. The molecule has 96 valence electrons. The van der Waals surface area contributed by atoms with E-state index in [0.29, 0.717) is 0 Å². The summed E-state index contributed by atoms with van der Waals surface area (Å²) >= 11 is 1.84. The summed E-state index contributed by atoms with van der Waals surface area (Å²) in [4.78, 5) is 3.85. The lowest BCUT2D eigenvalue weighted by molar-refractivity contribution is 0.126. The molecule has 17 heavy (non-hydrogen) atoms. The van der Waals surface area contributed by atoms with E-state index in [1.54, 1.807) is 0 Å². The molecule has 1 aliphatic heterocycles. The zero-order chi connectivity index (χ0) is 12.1. The van der Waals surface area contributed by atoms with Gasteiger partial charge in [0.1, 0.15) is 0 Å². The van der Waals surface area contributed by atoms with Crippen LogP contribution in [0.4, 0.5) is 0 Å². The first kappa shape index (κ1) is 13.0. The first-order valence-corrected chi connectivity index (χ1v) is 7.11. The second-order valence-corrected chi connectivity index (χ2v) is 6.11. The Morgan fingerprint density at radius 1 is 1.59 bits per heavy atom. The van der Waals surface area contributed by atoms with Crippen LogP contribution in [-0.4, -0.2) is 44.8 Å². The lowest BCUT2D eigenvalue weighted by atomic mass is 9.87. The number of nitrogens with zero attached hydrogens (tertiary/aromatic N) is 1. The number of ether oxygens (including phenoxy) is 1. The molecule has 0 aliphatic carbocycles. The van der Waals surface area contributed by atoms with Crippen molar-refractivity contribution in [3.8, 4) is 0 Å². The van der Waals surface area contributed by atoms with Gasteiger partial charge in [-0.1, -0.05) is 6.07 Å². The van der Waals surface area contributed by atoms with Gasteiger partial charge >= 0.3 is 0 Å². The fourth-order valence-corrected chi connectivity index (χ4v) is 3.11. The first-order valence-electron chi connectivity index (χ1n) is 6.23. The van der Waals surface area contributed by atoms with Gasteiger partial charge in [0.05, 0.1) is 6.61 Å². The van der Waals surface area contributed by atoms with E-state index in [1.807, 2.05) is 11.3 Å². The van der Waals surface area contributed by atoms with Gasteiger partial charge in [0.25, 0.3) is 0 Å². The minimum Gasteiger partial charge on any atom is -0.381 e. The smallest absolute Gasteiger partial charge is 0.0547 e. The Morgan fingerprint density at radius 3 is 3.06 bits per heavy atom. The zero-order valence-corrected chi connectivity index (χ0v) is 11.3. The Labute approximate surface area is 108 Å². The first-order chi connectivity index (χ1) is 8.24. The SMILES string of the molecule is CN(CCc1cccs1)CC1(CN)CCOC1. The van der Waals surface area contributed by atoms with Crippen LogP contribution in [0.3, 0.4) is 0 Å². The third kappa shape index (κ3) is 3.52. The molecule has 0 spiro atoms. The third-order valence-electron chi connectivity index (χ3n) is 3.54. The predicted molar refractivity (Wildman–Crippen MR) is 72.4 cm³/mol. The number of hydrogen-bond donors (Lipinski definition) is 1. The van der Waals surface area contributed by atoms with E-state index in [4.69, 9.17) is 10.5 Å². The van der Waals surface area contributed by atoms with Crippen molar-refractivity contribution >= 4 is 11.3 Å². The molecule has 1 unspecified atom stereocenters. The quantitative estimate of drug-likeness (QED) is 0.838. The second-order valence-electron chi connectivity index (χ2n) is 5.07. The van der Waals surface area contributed by atoms with Gasteiger partial charge in [0.2, 0.25) is 0 Å². The van der Waals surface area contributed by atoms with E-state index in [0.717, 1.165) is 45.7 Å². The molecule has 1 atom stereocenters. The number of thiophene rings is 1. The lowest BCUT2D eigenvalue weighted by Crippen LogP contribution is -2.42. The largest absolute Gasteiger partial charge is 0.381 e. The average molecular weight is 254 g/mol. The van der Waals surface area contributed by atoms with Gasteiger partial charge in [-0.05, 0) is 31.3 Å². The minimum absolute atomic E-state index is 0.199. The van der Waals surface area contributed by atoms with Crippen LogP contribution in [0.1, 0.15) is 11.3 Å². The van der Waals surface area contributed by atoms with Gasteiger partial charge in [-0.25, -0.2) is 0 Å². The molecule has 1 aliphatic rings. The van der Waals surface area contributed by atoms with Gasteiger partial charge in [0.15, 0.2) is 0 Å². The molecular weight excluding hydrogens is 232 g/mol. The van der Waals surface area contributed by atoms with E-state index < -0.39 is 0 Å². The van der Waals surface area contributed by atoms with Gasteiger partial charge in [0, 0.05) is 36.5 Å². The standard InChI is InChI=1S/C13H22N2OS/c1-15(6-4-12-3-2-8-17-12)10-13(9-14)5-7-16-11-13/h2-3,8H,4-7,9-11,14H2,1H3. The van der Waals surface area contributed by atoms with Crippen molar-refractivity contribution in [1.29, 1.82) is 0 Å². The molecule has 1 fully saturated rings. The fraction of sp³-hybridized carbons (Fsp3) is 0.692. The van der Waals surface area contributed by atoms with Crippen molar-refractivity contribution in [2.24, 2.45) is 11.1 Å². The highest BCUT2D eigenvalue weighted by Gasteiger charge is 2.34. The molecule has 0 aromatic carbocycles. The van der Waals surface area contributed by atoms with E-state index in [1.165, 1.54) is 4.88 Å². The Kier molecular flexibility index (Phi) is 4.56. The van der Waals surface area contributed by atoms with Gasteiger partial charge in [-0.2, -0.15) is 0 Å². The summed E-state index contributed by atoms with van der Waals surface area (Å²) in [5.41, 5.74) is 6.10. The molecule has 3 nitrogen and oxygen atoms in total. The minimum atomic E-state index is 0.199. The molecule has 0 bridgehead atoms. The molecule has 4 heteroatoms. The molecule has 2 N–H and O–H groups in total. The molecule has 0 amide bonds. The molecule has 2 heterocycles. The highest BCUT2D eigenvalue weighted by Crippen LogP contribution is 2.28. The van der Waals surface area contributed by atoms with E-state index in [2.05, 4.69) is 29.5 Å². The molecule has 1 saturated heterocycles. The van der Waals surface area contributed by atoms with Crippen molar-refractivity contribution in [2.45, 2.75) is 12.8 Å². The number of nitrogens with two attached hydrogens (primary N) is 1. The van der Waals surface area contributed by atoms with Crippen LogP contribution in [0.5, 0.6) is 0 Å². The Bertz CT molecular complexity index is 320. The second kappa shape index (κ2) is 5.96. The molecule has 1 aromatic rings. The van der Waals surface area contributed by atoms with E-state index >= 15 is 0 Å². The third-order valence-corrected chi connectivity index (χ3v) is 4.48. The summed E-state index contributed by atoms with van der Waals surface area (Å²) < 4.78 is 5.50. The van der Waals surface area contributed by atoms with Crippen LogP contribution in [0.2, 0.25) is 0 Å². The molecule has 2 rings (SSSR count). The van der Waals surface area contributed by atoms with Crippen LogP contribution >= 0.6 is 11.3 Å². The fourth-order valence-electron chi connectivity index (χ4n) is 2.41. The van der Waals surface area contributed by atoms with Crippen LogP contribution < -0.4 is 5.73 Å². The van der Waals surface area contributed by atoms with Crippen LogP contribution in [-0.2, 0) is 11.2 Å². The number of likely N-dealkylation sites (N-methyl/N-ethyl adjacent to an activating group) is 1. The summed E-state index contributed by atoms with van der Waals surface area (Å²) in [5, 5.41) is 2.14. The van der Waals surface area contributed by atoms with E-state index in [9.17, 15) is 0 Å². The van der Waals surface area contributed by atoms with Crippen molar-refractivity contribution in [1.82, 2.24) is 4.90 Å². The molecule has 0 radical (unpaired) electrons. The summed E-state index contributed by atoms with van der Waals surface area (Å²) in [6.07, 6.45) is 2.24. The monoisotopic (exact) mass is 254 g/mol. The average Bonchev–Trinajstić information content (AvgIpc) is 2.98. The maximum absolute atomic E-state index is 5.90. The summed E-state index contributed by atoms with van der Waals surface area (Å²) in [7, 11) is 2.18. The zero-order valence-electron chi connectivity index (χ0n) is 10.5. The lowest BCUT2D eigenvalue weighted by Gasteiger charge is -2.30. The highest BCUT2D eigenvalue weighted by atomic mass is 32.1. The van der Waals surface area contributed by atoms with Crippen molar-refractivity contribution in [2.75, 3.05) is 39.9 Å². The van der Waals surface area contributed by atoms with Crippen molar-refractivity contribution in [3.05, 3.63) is 22.4 Å². The summed E-state index contributed by atoms with van der Waals surface area (Å²) in [6, 6.07) is 4.32. The predicted octanol–water partition coefficient (Wildman–Crippen LogP) is 1.59. The number of hydrogen-bond acceptors (Lipinski definition) is 4. The number of rotatable bonds is 6. The van der Waals surface area contributed by atoms with Gasteiger partial charge in [-0.15, -0.1) is 11.3 Å². The Morgan fingerprint density at radius 2 is 2.47 bits per heavy atom. The maximum atomic E-state index is 5.90. The Balaban J connectivity index is 1.78. The van der Waals surface area contributed by atoms with Crippen molar-refractivity contribution < 1.29 is 4.74 Å². The maximum Gasteiger partial charge on any atom is 0.0547 e. The van der Waals surface area contributed by atoms with Crippen LogP contribution in [0.15, 0.2) is 17.5 Å². The van der Waals surface area contributed by atoms with Gasteiger partial charge in [-0.3, -0.25) is 0 Å². The van der Waals surface area contributed by atoms with E-state index in [-0.39, 0.29) is 5.41 Å². The highest BCUT2D eigenvalue weighted by molar-refractivity contribution is 7.09. The topological polar surface area (TPSA) is 38.5 Å². The molecule has 1 aromatic heterocycles. The van der Waals surface area contributed by atoms with Gasteiger partial charge < -0.3 is 15.4 Å². The van der Waals surface area contributed by atoms with Crippen LogP contribution in [0, 0.1) is 5.41 Å². The molecular formula is C13H22N2OS. The van der Waals surface area contributed by atoms with Crippen molar-refractivity contribution in [3.63, 3.8) is 0 Å². The summed E-state index contributed by atoms with van der Waals surface area (Å²) in [5.74, 6) is 0. The molecule has 0 saturated carbocycles. The van der Waals surface area contributed by atoms with Crippen LogP contribution in [0.25, 0.3) is 0 Å².